The highest BCUT2D eigenvalue weighted by Gasteiger charge is 2.22. The molecule has 7 nitrogen and oxygen atoms in total. The van der Waals surface area contributed by atoms with Crippen LogP contribution in [-0.2, 0) is 16.0 Å². The Balaban J connectivity index is 2.05. The van der Waals surface area contributed by atoms with Gasteiger partial charge in [-0.25, -0.2) is 4.79 Å². The zero-order valence-electron chi connectivity index (χ0n) is 15.4. The van der Waals surface area contributed by atoms with Gasteiger partial charge in [-0.2, -0.15) is 0 Å². The molecule has 2 aromatic carbocycles. The molecule has 4 amide bonds. The molecule has 27 heavy (non-hydrogen) atoms. The van der Waals surface area contributed by atoms with Crippen LogP contribution in [0.25, 0.3) is 0 Å². The second-order valence-corrected chi connectivity index (χ2v) is 5.85. The molecule has 0 saturated carbocycles. The van der Waals surface area contributed by atoms with Gasteiger partial charge >= 0.3 is 6.03 Å². The summed E-state index contributed by atoms with van der Waals surface area (Å²) in [6.07, 6.45) is 0.797. The fourth-order valence-corrected chi connectivity index (χ4v) is 2.59. The van der Waals surface area contributed by atoms with Crippen molar-refractivity contribution in [2.75, 3.05) is 18.9 Å². The Bertz CT molecular complexity index is 793. The molecule has 0 aliphatic rings. The average molecular weight is 368 g/mol. The Morgan fingerprint density at radius 3 is 2.30 bits per heavy atom. The highest BCUT2D eigenvalue weighted by Crippen LogP contribution is 2.16. The number of carbonyl (C=O) groups is 3. The summed E-state index contributed by atoms with van der Waals surface area (Å²) in [5, 5.41) is 10.3. The van der Waals surface area contributed by atoms with E-state index in [9.17, 15) is 14.4 Å². The highest BCUT2D eigenvalue weighted by molar-refractivity contribution is 5.98. The monoisotopic (exact) mass is 368 g/mol. The maximum Gasteiger partial charge on any atom is 0.321 e. The number of anilines is 1. The predicted octanol–water partition coefficient (Wildman–Crippen LogP) is 1.97. The maximum atomic E-state index is 12.4. The van der Waals surface area contributed by atoms with Crippen LogP contribution in [0.1, 0.15) is 24.1 Å². The van der Waals surface area contributed by atoms with Gasteiger partial charge in [-0.3, -0.25) is 20.2 Å². The lowest BCUT2D eigenvalue weighted by atomic mass is 10.1. The Kier molecular flexibility index (Phi) is 7.51. The van der Waals surface area contributed by atoms with Gasteiger partial charge in [0.1, 0.15) is 6.04 Å². The minimum absolute atomic E-state index is 0.0846. The first-order chi connectivity index (χ1) is 13.0. The van der Waals surface area contributed by atoms with Crippen LogP contribution >= 0.6 is 0 Å². The third kappa shape index (κ3) is 5.93. The number of rotatable bonds is 7. The van der Waals surface area contributed by atoms with Gasteiger partial charge < -0.3 is 10.6 Å². The molecule has 0 spiro atoms. The summed E-state index contributed by atoms with van der Waals surface area (Å²) in [4.78, 5) is 36.2. The molecule has 0 aliphatic carbocycles. The van der Waals surface area contributed by atoms with E-state index in [0.717, 1.165) is 17.7 Å². The SMILES string of the molecule is CCc1ccccc1NC(=O)CN[C@H](C(=O)NC(=O)NC)c1ccccc1. The summed E-state index contributed by atoms with van der Waals surface area (Å²) in [7, 11) is 1.42. The minimum atomic E-state index is -0.837. The molecular weight excluding hydrogens is 344 g/mol. The zero-order chi connectivity index (χ0) is 19.6. The second kappa shape index (κ2) is 10.1. The van der Waals surface area contributed by atoms with Crippen molar-refractivity contribution in [2.24, 2.45) is 0 Å². The average Bonchev–Trinajstić information content (AvgIpc) is 2.69. The fraction of sp³-hybridized carbons (Fsp3) is 0.250. The van der Waals surface area contributed by atoms with Crippen molar-refractivity contribution in [2.45, 2.75) is 19.4 Å². The molecule has 0 aliphatic heterocycles. The van der Waals surface area contributed by atoms with Crippen molar-refractivity contribution in [3.05, 3.63) is 65.7 Å². The lowest BCUT2D eigenvalue weighted by molar-refractivity contribution is -0.122. The molecule has 0 heterocycles. The molecule has 2 rings (SSSR count). The van der Waals surface area contributed by atoms with Crippen molar-refractivity contribution in [3.8, 4) is 0 Å². The van der Waals surface area contributed by atoms with Gasteiger partial charge in [0.25, 0.3) is 0 Å². The summed E-state index contributed by atoms with van der Waals surface area (Å²) in [5.74, 6) is -0.813. The summed E-state index contributed by atoms with van der Waals surface area (Å²) in [6, 6.07) is 15.0. The molecule has 1 atom stereocenters. The van der Waals surface area contributed by atoms with E-state index in [1.807, 2.05) is 37.3 Å². The molecule has 0 fully saturated rings. The molecular formula is C20H24N4O3. The standard InChI is InChI=1S/C20H24N4O3/c1-3-14-9-7-8-12-16(14)23-17(25)13-22-18(15-10-5-4-6-11-15)19(26)24-20(27)21-2/h4-12,18,22H,3,13H2,1-2H3,(H,23,25)(H2,21,24,26,27)/t18-/m0/s1. The quantitative estimate of drug-likeness (QED) is 0.600. The number of imide groups is 1. The number of para-hydroxylation sites is 1. The van der Waals surface area contributed by atoms with Crippen LogP contribution in [0, 0.1) is 0 Å². The molecule has 2 aromatic rings. The van der Waals surface area contributed by atoms with Crippen molar-refractivity contribution < 1.29 is 14.4 Å². The smallest absolute Gasteiger partial charge is 0.321 e. The van der Waals surface area contributed by atoms with Crippen molar-refractivity contribution >= 4 is 23.5 Å². The van der Waals surface area contributed by atoms with Gasteiger partial charge in [0, 0.05) is 12.7 Å². The van der Waals surface area contributed by atoms with Gasteiger partial charge in [-0.15, -0.1) is 0 Å². The molecule has 0 bridgehead atoms. The highest BCUT2D eigenvalue weighted by atomic mass is 16.2. The summed E-state index contributed by atoms with van der Waals surface area (Å²) < 4.78 is 0. The van der Waals surface area contributed by atoms with Crippen LogP contribution in [0.3, 0.4) is 0 Å². The number of benzene rings is 2. The molecule has 142 valence electrons. The van der Waals surface area contributed by atoms with Gasteiger partial charge in [-0.05, 0) is 23.6 Å². The van der Waals surface area contributed by atoms with E-state index in [2.05, 4.69) is 21.3 Å². The van der Waals surface area contributed by atoms with Crippen LogP contribution in [0.15, 0.2) is 54.6 Å². The first kappa shape index (κ1) is 20.1. The van der Waals surface area contributed by atoms with Crippen LogP contribution < -0.4 is 21.3 Å². The Morgan fingerprint density at radius 1 is 0.963 bits per heavy atom. The van der Waals surface area contributed by atoms with Crippen molar-refractivity contribution in [1.29, 1.82) is 0 Å². The minimum Gasteiger partial charge on any atom is -0.341 e. The fourth-order valence-electron chi connectivity index (χ4n) is 2.59. The van der Waals surface area contributed by atoms with Gasteiger partial charge in [0.15, 0.2) is 0 Å². The zero-order valence-corrected chi connectivity index (χ0v) is 15.4. The summed E-state index contributed by atoms with van der Waals surface area (Å²) in [5.41, 5.74) is 2.43. The predicted molar refractivity (Wildman–Crippen MR) is 104 cm³/mol. The Hall–Kier alpha value is -3.19. The third-order valence-corrected chi connectivity index (χ3v) is 4.00. The van der Waals surface area contributed by atoms with Crippen LogP contribution in [0.2, 0.25) is 0 Å². The van der Waals surface area contributed by atoms with Crippen molar-refractivity contribution in [1.82, 2.24) is 16.0 Å². The first-order valence-corrected chi connectivity index (χ1v) is 8.73. The van der Waals surface area contributed by atoms with E-state index in [1.165, 1.54) is 7.05 Å². The normalized spacial score (nSPS) is 11.3. The lowest BCUT2D eigenvalue weighted by Crippen LogP contribution is -2.45. The van der Waals surface area contributed by atoms with Crippen LogP contribution in [0.5, 0.6) is 0 Å². The second-order valence-electron chi connectivity index (χ2n) is 5.85. The van der Waals surface area contributed by atoms with Crippen LogP contribution in [-0.4, -0.2) is 31.4 Å². The molecule has 0 saturated heterocycles. The van der Waals surface area contributed by atoms with E-state index in [4.69, 9.17) is 0 Å². The lowest BCUT2D eigenvalue weighted by Gasteiger charge is -2.18. The first-order valence-electron chi connectivity index (χ1n) is 8.73. The number of urea groups is 1. The summed E-state index contributed by atoms with van der Waals surface area (Å²) in [6.45, 7) is 1.93. The number of nitrogens with one attached hydrogen (secondary N) is 4. The number of hydrogen-bond acceptors (Lipinski definition) is 4. The molecule has 0 aromatic heterocycles. The number of hydrogen-bond donors (Lipinski definition) is 4. The van der Waals surface area contributed by atoms with Gasteiger partial charge in [0.05, 0.1) is 6.54 Å². The van der Waals surface area contributed by atoms with E-state index in [-0.39, 0.29) is 12.5 Å². The van der Waals surface area contributed by atoms with Crippen molar-refractivity contribution in [3.63, 3.8) is 0 Å². The molecule has 4 N–H and O–H groups in total. The molecule has 7 heteroatoms. The van der Waals surface area contributed by atoms with E-state index >= 15 is 0 Å². The van der Waals surface area contributed by atoms with E-state index in [0.29, 0.717) is 5.56 Å². The topological polar surface area (TPSA) is 99.3 Å². The number of amides is 4. The number of carbonyl (C=O) groups excluding carboxylic acids is 3. The largest absolute Gasteiger partial charge is 0.341 e. The maximum absolute atomic E-state index is 12.4. The molecule has 0 unspecified atom stereocenters. The van der Waals surface area contributed by atoms with E-state index in [1.54, 1.807) is 24.3 Å². The van der Waals surface area contributed by atoms with Crippen LogP contribution in [0.4, 0.5) is 10.5 Å². The third-order valence-electron chi connectivity index (χ3n) is 4.00. The Labute approximate surface area is 158 Å². The van der Waals surface area contributed by atoms with E-state index < -0.39 is 18.0 Å². The van der Waals surface area contributed by atoms with Gasteiger partial charge in [-0.1, -0.05) is 55.5 Å². The Morgan fingerprint density at radius 2 is 1.63 bits per heavy atom. The summed E-state index contributed by atoms with van der Waals surface area (Å²) >= 11 is 0. The van der Waals surface area contributed by atoms with Gasteiger partial charge in [0.2, 0.25) is 11.8 Å². The number of aryl methyl sites for hydroxylation is 1. The molecule has 0 radical (unpaired) electrons.